The largest absolute Gasteiger partial charge is 0.392 e. The molecule has 1 atom stereocenters. The Morgan fingerprint density at radius 1 is 1.50 bits per heavy atom. The van der Waals surface area contributed by atoms with Gasteiger partial charge in [-0.25, -0.2) is 0 Å². The molecule has 16 heavy (non-hydrogen) atoms. The van der Waals surface area contributed by atoms with Crippen LogP contribution in [-0.4, -0.2) is 26.6 Å². The van der Waals surface area contributed by atoms with Crippen LogP contribution in [-0.2, 0) is 12.2 Å². The zero-order chi connectivity index (χ0) is 11.5. The van der Waals surface area contributed by atoms with Crippen LogP contribution in [0.25, 0.3) is 0 Å². The third kappa shape index (κ3) is 3.49. The van der Waals surface area contributed by atoms with Gasteiger partial charge in [0.2, 0.25) is 5.89 Å². The summed E-state index contributed by atoms with van der Waals surface area (Å²) in [6.07, 6.45) is 2.46. The Kier molecular flexibility index (Phi) is 3.86. The number of aromatic nitrogens is 2. The minimum Gasteiger partial charge on any atom is -0.392 e. The second-order valence-electron chi connectivity index (χ2n) is 4.57. The quantitative estimate of drug-likeness (QED) is 0.827. The molecule has 1 saturated carbocycles. The molecule has 1 unspecified atom stereocenters. The van der Waals surface area contributed by atoms with Crippen molar-refractivity contribution in [2.75, 3.05) is 0 Å². The minimum atomic E-state index is -0.300. The minimum absolute atomic E-state index is 0.300. The Hall–Kier alpha value is -0.550. The van der Waals surface area contributed by atoms with E-state index in [0.29, 0.717) is 23.5 Å². The van der Waals surface area contributed by atoms with Gasteiger partial charge in [0.25, 0.3) is 0 Å². The van der Waals surface area contributed by atoms with E-state index in [1.807, 2.05) is 0 Å². The van der Waals surface area contributed by atoms with Gasteiger partial charge in [0, 0.05) is 0 Å². The lowest BCUT2D eigenvalue weighted by atomic mass is 10.2. The molecule has 0 amide bonds. The molecule has 1 aromatic rings. The van der Waals surface area contributed by atoms with Crippen molar-refractivity contribution >= 4 is 11.8 Å². The van der Waals surface area contributed by atoms with Gasteiger partial charge >= 0.3 is 0 Å². The van der Waals surface area contributed by atoms with E-state index in [9.17, 15) is 5.11 Å². The maximum atomic E-state index is 9.74. The lowest BCUT2D eigenvalue weighted by Gasteiger charge is -2.03. The molecule has 1 aliphatic carbocycles. The Labute approximate surface area is 99.8 Å². The van der Waals surface area contributed by atoms with Gasteiger partial charge in [0.15, 0.2) is 5.82 Å². The number of aliphatic hydroxyl groups is 1. The van der Waals surface area contributed by atoms with E-state index in [4.69, 9.17) is 4.52 Å². The first-order valence-corrected chi connectivity index (χ1v) is 6.81. The molecule has 0 spiro atoms. The predicted molar refractivity (Wildman–Crippen MR) is 63.2 cm³/mol. The van der Waals surface area contributed by atoms with Crippen molar-refractivity contribution in [3.05, 3.63) is 11.7 Å². The molecule has 2 rings (SSSR count). The summed E-state index contributed by atoms with van der Waals surface area (Å²) in [6, 6.07) is 0. The molecule has 0 aliphatic heterocycles. The van der Waals surface area contributed by atoms with Crippen molar-refractivity contribution in [2.45, 2.75) is 50.2 Å². The zero-order valence-corrected chi connectivity index (χ0v) is 10.5. The number of thioether (sulfide) groups is 1. The maximum Gasteiger partial charge on any atom is 0.229 e. The normalized spacial score (nSPS) is 18.0. The first kappa shape index (κ1) is 11.9. The topological polar surface area (TPSA) is 59.2 Å². The zero-order valence-electron chi connectivity index (χ0n) is 9.72. The molecule has 1 N–H and O–H groups in total. The summed E-state index contributed by atoms with van der Waals surface area (Å²) in [5.74, 6) is 2.54. The summed E-state index contributed by atoms with van der Waals surface area (Å²) in [7, 11) is 0. The summed E-state index contributed by atoms with van der Waals surface area (Å²) in [5, 5.41) is 14.2. The monoisotopic (exact) mass is 242 g/mol. The number of hydrogen-bond donors (Lipinski definition) is 1. The fourth-order valence-electron chi connectivity index (χ4n) is 1.50. The first-order valence-electron chi connectivity index (χ1n) is 5.76. The molecule has 1 heterocycles. The average Bonchev–Trinajstić information content (AvgIpc) is 2.98. The van der Waals surface area contributed by atoms with E-state index in [1.54, 1.807) is 11.8 Å². The van der Waals surface area contributed by atoms with Crippen molar-refractivity contribution in [2.24, 2.45) is 5.92 Å². The Morgan fingerprint density at radius 2 is 2.25 bits per heavy atom. The van der Waals surface area contributed by atoms with E-state index in [2.05, 4.69) is 24.0 Å². The van der Waals surface area contributed by atoms with Gasteiger partial charge in [-0.3, -0.25) is 0 Å². The molecular weight excluding hydrogens is 224 g/mol. The van der Waals surface area contributed by atoms with Crippen LogP contribution in [0.1, 0.15) is 38.4 Å². The van der Waals surface area contributed by atoms with E-state index >= 15 is 0 Å². The van der Waals surface area contributed by atoms with Crippen LogP contribution in [0.15, 0.2) is 4.52 Å². The second-order valence-corrected chi connectivity index (χ2v) is 6.14. The lowest BCUT2D eigenvalue weighted by Crippen LogP contribution is -2.12. The molecule has 1 aliphatic rings. The molecule has 90 valence electrons. The molecule has 0 aromatic carbocycles. The first-order chi connectivity index (χ1) is 7.65. The Morgan fingerprint density at radius 3 is 2.88 bits per heavy atom. The maximum absolute atomic E-state index is 9.74. The van der Waals surface area contributed by atoms with Gasteiger partial charge in [-0.1, -0.05) is 19.0 Å². The van der Waals surface area contributed by atoms with E-state index in [1.165, 1.54) is 0 Å². The van der Waals surface area contributed by atoms with Crippen LogP contribution >= 0.6 is 11.8 Å². The van der Waals surface area contributed by atoms with Gasteiger partial charge in [0.1, 0.15) is 0 Å². The molecule has 0 radical (unpaired) electrons. The summed E-state index contributed by atoms with van der Waals surface area (Å²) in [4.78, 5) is 4.27. The lowest BCUT2D eigenvalue weighted by molar-refractivity contribution is 0.140. The smallest absolute Gasteiger partial charge is 0.229 e. The van der Waals surface area contributed by atoms with Crippen LogP contribution in [0, 0.1) is 5.92 Å². The standard InChI is InChI=1S/C11H18N2O2S/c1-7(2)16-6-10-12-11(15-13-10)5-9(14)8-3-4-8/h7-9,14H,3-6H2,1-2H3. The molecular formula is C11H18N2O2S. The highest BCUT2D eigenvalue weighted by molar-refractivity contribution is 7.99. The van der Waals surface area contributed by atoms with Crippen LogP contribution in [0.3, 0.4) is 0 Å². The van der Waals surface area contributed by atoms with E-state index in [0.717, 1.165) is 24.4 Å². The molecule has 1 aromatic heterocycles. The number of nitrogens with zero attached hydrogens (tertiary/aromatic N) is 2. The number of rotatable bonds is 6. The van der Waals surface area contributed by atoms with Crippen LogP contribution in [0.4, 0.5) is 0 Å². The summed E-state index contributed by atoms with van der Waals surface area (Å²) in [6.45, 7) is 4.28. The Balaban J connectivity index is 1.81. The van der Waals surface area contributed by atoms with Crippen molar-refractivity contribution < 1.29 is 9.63 Å². The van der Waals surface area contributed by atoms with Crippen molar-refractivity contribution in [1.82, 2.24) is 10.1 Å². The van der Waals surface area contributed by atoms with E-state index < -0.39 is 0 Å². The molecule has 4 nitrogen and oxygen atoms in total. The third-order valence-corrected chi connectivity index (χ3v) is 3.70. The highest BCUT2D eigenvalue weighted by atomic mass is 32.2. The average molecular weight is 242 g/mol. The SMILES string of the molecule is CC(C)SCc1noc(CC(O)C2CC2)n1. The van der Waals surface area contributed by atoms with Crippen molar-refractivity contribution in [3.8, 4) is 0 Å². The molecule has 0 bridgehead atoms. The molecule has 0 saturated heterocycles. The summed E-state index contributed by atoms with van der Waals surface area (Å²) >= 11 is 1.79. The van der Waals surface area contributed by atoms with E-state index in [-0.39, 0.29) is 6.10 Å². The van der Waals surface area contributed by atoms with Gasteiger partial charge in [0.05, 0.1) is 18.3 Å². The van der Waals surface area contributed by atoms with Gasteiger partial charge in [-0.15, -0.1) is 0 Å². The fourth-order valence-corrected chi connectivity index (χ4v) is 2.10. The second kappa shape index (κ2) is 5.19. The molecule has 1 fully saturated rings. The van der Waals surface area contributed by atoms with Gasteiger partial charge in [-0.2, -0.15) is 16.7 Å². The Bertz CT molecular complexity index is 336. The van der Waals surface area contributed by atoms with Crippen LogP contribution < -0.4 is 0 Å². The highest BCUT2D eigenvalue weighted by Gasteiger charge is 2.30. The predicted octanol–water partition coefficient (Wildman–Crippen LogP) is 2.02. The number of aliphatic hydroxyl groups excluding tert-OH is 1. The van der Waals surface area contributed by atoms with Crippen LogP contribution in [0.2, 0.25) is 0 Å². The van der Waals surface area contributed by atoms with Gasteiger partial charge < -0.3 is 9.63 Å². The summed E-state index contributed by atoms with van der Waals surface area (Å²) in [5.41, 5.74) is 0. The third-order valence-electron chi connectivity index (χ3n) is 2.61. The van der Waals surface area contributed by atoms with Gasteiger partial charge in [-0.05, 0) is 24.0 Å². The highest BCUT2D eigenvalue weighted by Crippen LogP contribution is 2.33. The summed E-state index contributed by atoms with van der Waals surface area (Å²) < 4.78 is 5.11. The molecule has 5 heteroatoms. The van der Waals surface area contributed by atoms with Crippen LogP contribution in [0.5, 0.6) is 0 Å². The van der Waals surface area contributed by atoms with Crippen molar-refractivity contribution in [3.63, 3.8) is 0 Å². The fraction of sp³-hybridized carbons (Fsp3) is 0.818. The van der Waals surface area contributed by atoms with Crippen molar-refractivity contribution in [1.29, 1.82) is 0 Å². The number of hydrogen-bond acceptors (Lipinski definition) is 5.